The topological polar surface area (TPSA) is 49.9 Å². The number of methoxy groups -OCH3 is 1. The first-order valence-corrected chi connectivity index (χ1v) is 5.57. The molecular formula is C13H17N3O. The Balaban J connectivity index is 2.38. The quantitative estimate of drug-likeness (QED) is 0.846. The van der Waals surface area contributed by atoms with E-state index in [1.165, 1.54) is 11.1 Å². The molecule has 4 nitrogen and oxygen atoms in total. The minimum atomic E-state index is 0.0795. The molecule has 0 aliphatic rings. The van der Waals surface area contributed by atoms with Crippen LogP contribution >= 0.6 is 0 Å². The molecule has 1 heterocycles. The van der Waals surface area contributed by atoms with Gasteiger partial charge in [-0.15, -0.1) is 0 Å². The van der Waals surface area contributed by atoms with Crippen LogP contribution in [0.2, 0.25) is 0 Å². The number of imidazole rings is 1. The average molecular weight is 231 g/mol. The van der Waals surface area contributed by atoms with Gasteiger partial charge in [0.1, 0.15) is 11.6 Å². The molecule has 0 saturated heterocycles. The van der Waals surface area contributed by atoms with Crippen molar-refractivity contribution in [2.24, 2.45) is 0 Å². The molecule has 2 aromatic rings. The van der Waals surface area contributed by atoms with Crippen molar-refractivity contribution >= 4 is 0 Å². The summed E-state index contributed by atoms with van der Waals surface area (Å²) in [7, 11) is 3.60. The number of H-pyrrole nitrogens is 1. The maximum absolute atomic E-state index is 5.21. The maximum Gasteiger partial charge on any atom is 0.127 e. The monoisotopic (exact) mass is 231 g/mol. The van der Waals surface area contributed by atoms with Gasteiger partial charge in [-0.05, 0) is 37.2 Å². The van der Waals surface area contributed by atoms with Crippen molar-refractivity contribution in [2.45, 2.75) is 13.0 Å². The average Bonchev–Trinajstić information content (AvgIpc) is 2.85. The Morgan fingerprint density at radius 1 is 1.41 bits per heavy atom. The number of rotatable bonds is 4. The Bertz CT molecular complexity index is 479. The van der Waals surface area contributed by atoms with Gasteiger partial charge < -0.3 is 15.0 Å². The lowest BCUT2D eigenvalue weighted by Crippen LogP contribution is -2.20. The SMILES string of the molecule is CNC(c1ncc[nH]1)c1ccc(OC)cc1C. The lowest BCUT2D eigenvalue weighted by atomic mass is 10.0. The molecule has 0 aliphatic carbocycles. The molecule has 90 valence electrons. The van der Waals surface area contributed by atoms with Crippen LogP contribution in [0.4, 0.5) is 0 Å². The number of hydrogen-bond acceptors (Lipinski definition) is 3. The minimum Gasteiger partial charge on any atom is -0.497 e. The van der Waals surface area contributed by atoms with E-state index >= 15 is 0 Å². The predicted octanol–water partition coefficient (Wildman–Crippen LogP) is 2.04. The number of nitrogens with one attached hydrogen (secondary N) is 2. The summed E-state index contributed by atoms with van der Waals surface area (Å²) in [5, 5.41) is 3.26. The second-order valence-electron chi connectivity index (χ2n) is 3.92. The minimum absolute atomic E-state index is 0.0795. The van der Waals surface area contributed by atoms with E-state index in [0.29, 0.717) is 0 Å². The summed E-state index contributed by atoms with van der Waals surface area (Å²) in [6.07, 6.45) is 3.59. The van der Waals surface area contributed by atoms with Crippen molar-refractivity contribution in [1.82, 2.24) is 15.3 Å². The number of ether oxygens (including phenoxy) is 1. The molecule has 0 spiro atoms. The zero-order chi connectivity index (χ0) is 12.3. The first kappa shape index (κ1) is 11.7. The molecule has 0 saturated carbocycles. The number of nitrogens with zero attached hydrogens (tertiary/aromatic N) is 1. The lowest BCUT2D eigenvalue weighted by molar-refractivity contribution is 0.414. The van der Waals surface area contributed by atoms with Crippen LogP contribution < -0.4 is 10.1 Å². The van der Waals surface area contributed by atoms with Gasteiger partial charge in [-0.2, -0.15) is 0 Å². The zero-order valence-electron chi connectivity index (χ0n) is 10.3. The summed E-state index contributed by atoms with van der Waals surface area (Å²) in [6, 6.07) is 6.15. The molecule has 0 radical (unpaired) electrons. The molecular weight excluding hydrogens is 214 g/mol. The van der Waals surface area contributed by atoms with Gasteiger partial charge >= 0.3 is 0 Å². The second-order valence-corrected chi connectivity index (χ2v) is 3.92. The molecule has 2 N–H and O–H groups in total. The van der Waals surface area contributed by atoms with E-state index in [1.54, 1.807) is 13.3 Å². The largest absolute Gasteiger partial charge is 0.497 e. The van der Waals surface area contributed by atoms with Crippen LogP contribution in [0.5, 0.6) is 5.75 Å². The van der Waals surface area contributed by atoms with Gasteiger partial charge in [0.05, 0.1) is 13.2 Å². The fourth-order valence-corrected chi connectivity index (χ4v) is 1.97. The molecule has 17 heavy (non-hydrogen) atoms. The molecule has 1 unspecified atom stereocenters. The highest BCUT2D eigenvalue weighted by Crippen LogP contribution is 2.25. The van der Waals surface area contributed by atoms with Crippen LogP contribution in [-0.2, 0) is 0 Å². The summed E-state index contributed by atoms with van der Waals surface area (Å²) < 4.78 is 5.21. The first-order valence-electron chi connectivity index (χ1n) is 5.57. The summed E-state index contributed by atoms with van der Waals surface area (Å²) in [4.78, 5) is 7.44. The van der Waals surface area contributed by atoms with Gasteiger partial charge in [0.15, 0.2) is 0 Å². The van der Waals surface area contributed by atoms with Gasteiger partial charge in [0, 0.05) is 12.4 Å². The number of benzene rings is 1. The van der Waals surface area contributed by atoms with Crippen LogP contribution in [-0.4, -0.2) is 24.1 Å². The van der Waals surface area contributed by atoms with Crippen molar-refractivity contribution in [1.29, 1.82) is 0 Å². The third-order valence-electron chi connectivity index (χ3n) is 2.87. The predicted molar refractivity (Wildman–Crippen MR) is 67.2 cm³/mol. The molecule has 1 atom stereocenters. The van der Waals surface area contributed by atoms with Crippen molar-refractivity contribution in [3.05, 3.63) is 47.5 Å². The molecule has 1 aromatic carbocycles. The Labute approximate surface area is 101 Å². The van der Waals surface area contributed by atoms with Gasteiger partial charge in [-0.1, -0.05) is 6.07 Å². The van der Waals surface area contributed by atoms with E-state index in [2.05, 4.69) is 28.3 Å². The first-order chi connectivity index (χ1) is 8.26. The van der Waals surface area contributed by atoms with Gasteiger partial charge in [-0.25, -0.2) is 4.98 Å². The molecule has 0 bridgehead atoms. The molecule has 1 aromatic heterocycles. The van der Waals surface area contributed by atoms with Crippen LogP contribution in [0, 0.1) is 6.92 Å². The Morgan fingerprint density at radius 2 is 2.24 bits per heavy atom. The van der Waals surface area contributed by atoms with E-state index in [9.17, 15) is 0 Å². The molecule has 4 heteroatoms. The molecule has 0 amide bonds. The number of hydrogen-bond donors (Lipinski definition) is 2. The lowest BCUT2D eigenvalue weighted by Gasteiger charge is -2.17. The van der Waals surface area contributed by atoms with Gasteiger partial charge in [0.2, 0.25) is 0 Å². The van der Waals surface area contributed by atoms with Gasteiger partial charge in [0.25, 0.3) is 0 Å². The Morgan fingerprint density at radius 3 is 2.76 bits per heavy atom. The van der Waals surface area contributed by atoms with Crippen molar-refractivity contribution in [3.8, 4) is 5.75 Å². The van der Waals surface area contributed by atoms with Crippen LogP contribution in [0.25, 0.3) is 0 Å². The molecule has 0 aliphatic heterocycles. The van der Waals surface area contributed by atoms with Crippen LogP contribution in [0.15, 0.2) is 30.6 Å². The fourth-order valence-electron chi connectivity index (χ4n) is 1.97. The third-order valence-corrected chi connectivity index (χ3v) is 2.87. The number of aromatic nitrogens is 2. The van der Waals surface area contributed by atoms with E-state index < -0.39 is 0 Å². The van der Waals surface area contributed by atoms with Gasteiger partial charge in [-0.3, -0.25) is 0 Å². The Kier molecular flexibility index (Phi) is 3.44. The highest BCUT2D eigenvalue weighted by Gasteiger charge is 2.16. The van der Waals surface area contributed by atoms with E-state index in [1.807, 2.05) is 25.4 Å². The third kappa shape index (κ3) is 2.31. The Hall–Kier alpha value is -1.81. The smallest absolute Gasteiger partial charge is 0.127 e. The van der Waals surface area contributed by atoms with Crippen molar-refractivity contribution in [3.63, 3.8) is 0 Å². The molecule has 2 rings (SSSR count). The summed E-state index contributed by atoms with van der Waals surface area (Å²) in [6.45, 7) is 2.07. The number of aromatic amines is 1. The maximum atomic E-state index is 5.21. The molecule has 0 fully saturated rings. The van der Waals surface area contributed by atoms with Crippen molar-refractivity contribution in [2.75, 3.05) is 14.2 Å². The van der Waals surface area contributed by atoms with E-state index in [4.69, 9.17) is 4.74 Å². The van der Waals surface area contributed by atoms with E-state index in [-0.39, 0.29) is 6.04 Å². The summed E-state index contributed by atoms with van der Waals surface area (Å²) >= 11 is 0. The summed E-state index contributed by atoms with van der Waals surface area (Å²) in [5.74, 6) is 1.79. The highest BCUT2D eigenvalue weighted by atomic mass is 16.5. The number of aryl methyl sites for hydroxylation is 1. The highest BCUT2D eigenvalue weighted by molar-refractivity contribution is 5.38. The second kappa shape index (κ2) is 5.01. The fraction of sp³-hybridized carbons (Fsp3) is 0.308. The zero-order valence-corrected chi connectivity index (χ0v) is 10.3. The standard InChI is InChI=1S/C13H17N3O/c1-9-8-10(17-3)4-5-11(9)12(14-2)13-15-6-7-16-13/h4-8,12,14H,1-3H3,(H,15,16). The van der Waals surface area contributed by atoms with Crippen LogP contribution in [0.3, 0.4) is 0 Å². The van der Waals surface area contributed by atoms with Crippen LogP contribution in [0.1, 0.15) is 23.0 Å². The van der Waals surface area contributed by atoms with Crippen molar-refractivity contribution < 1.29 is 4.74 Å². The van der Waals surface area contributed by atoms with E-state index in [0.717, 1.165) is 11.6 Å². The normalized spacial score (nSPS) is 12.4. The summed E-state index contributed by atoms with van der Waals surface area (Å²) in [5.41, 5.74) is 2.38.